The third-order valence-electron chi connectivity index (χ3n) is 4.38. The summed E-state index contributed by atoms with van der Waals surface area (Å²) in [4.78, 5) is 18.6. The van der Waals surface area contributed by atoms with Crippen LogP contribution in [0.3, 0.4) is 0 Å². The van der Waals surface area contributed by atoms with Crippen molar-refractivity contribution in [3.05, 3.63) is 35.9 Å². The predicted molar refractivity (Wildman–Crippen MR) is 85.0 cm³/mol. The van der Waals surface area contributed by atoms with Gasteiger partial charge in [-0.25, -0.2) is 4.79 Å². The summed E-state index contributed by atoms with van der Waals surface area (Å²) in [5.41, 5.74) is 0.309. The Kier molecular flexibility index (Phi) is 5.56. The van der Waals surface area contributed by atoms with E-state index in [1.54, 1.807) is 5.06 Å². The summed E-state index contributed by atoms with van der Waals surface area (Å²) >= 11 is 0. The number of nitrogens with zero attached hydrogens (tertiary/aromatic N) is 1. The van der Waals surface area contributed by atoms with E-state index in [1.807, 2.05) is 58.2 Å². The highest BCUT2D eigenvalue weighted by Gasteiger charge is 2.56. The summed E-state index contributed by atoms with van der Waals surface area (Å²) < 4.78 is 5.33. The molecule has 3 atom stereocenters. The van der Waals surface area contributed by atoms with Crippen molar-refractivity contribution in [3.8, 4) is 0 Å². The van der Waals surface area contributed by atoms with Crippen LogP contribution in [0.15, 0.2) is 30.3 Å². The number of nitrogens with one attached hydrogen (secondary N) is 1. The lowest BCUT2D eigenvalue weighted by Crippen LogP contribution is -2.54. The molecular weight excluding hydrogens is 280 g/mol. The molecule has 1 N–H and O–H groups in total. The zero-order valence-corrected chi connectivity index (χ0v) is 13.8. The number of benzene rings is 1. The number of carbonyl (C=O) groups is 1. The van der Waals surface area contributed by atoms with Gasteiger partial charge in [0.15, 0.2) is 0 Å². The minimum Gasteiger partial charge on any atom is -0.465 e. The topological polar surface area (TPSA) is 50.8 Å². The lowest BCUT2D eigenvalue weighted by Gasteiger charge is -2.34. The molecule has 1 aromatic rings. The molecule has 1 saturated heterocycles. The van der Waals surface area contributed by atoms with Crippen LogP contribution in [0, 0.1) is 5.92 Å². The Labute approximate surface area is 132 Å². The van der Waals surface area contributed by atoms with Gasteiger partial charge in [-0.15, -0.1) is 0 Å². The van der Waals surface area contributed by atoms with Gasteiger partial charge in [-0.1, -0.05) is 30.3 Å². The van der Waals surface area contributed by atoms with Crippen LogP contribution in [-0.4, -0.2) is 42.9 Å². The Morgan fingerprint density at radius 3 is 2.68 bits per heavy atom. The zero-order chi connectivity index (χ0) is 16.2. The minimum atomic E-state index is -0.797. The van der Waals surface area contributed by atoms with Gasteiger partial charge in [-0.05, 0) is 33.4 Å². The van der Waals surface area contributed by atoms with E-state index < -0.39 is 5.54 Å². The fourth-order valence-corrected chi connectivity index (χ4v) is 3.09. The second-order valence-electron chi connectivity index (χ2n) is 5.86. The first-order valence-electron chi connectivity index (χ1n) is 7.84. The standard InChI is InChI=1S/C17H26N2O3/c1-5-21-16(20)17(3)15(11-18-4)13(2)22-19(17)12-14-9-7-6-8-10-14/h6-10,13,15,18H,5,11-12H2,1-4H3/t13-,15-,17-/m0/s1. The molecule has 5 heteroatoms. The number of hydroxylamine groups is 2. The average Bonchev–Trinajstić information content (AvgIpc) is 2.74. The van der Waals surface area contributed by atoms with Gasteiger partial charge in [0.05, 0.1) is 19.3 Å². The molecule has 1 aliphatic heterocycles. The fourth-order valence-electron chi connectivity index (χ4n) is 3.09. The molecule has 5 nitrogen and oxygen atoms in total. The monoisotopic (exact) mass is 306 g/mol. The van der Waals surface area contributed by atoms with E-state index in [-0.39, 0.29) is 18.0 Å². The molecule has 0 unspecified atom stereocenters. The Morgan fingerprint density at radius 1 is 1.41 bits per heavy atom. The van der Waals surface area contributed by atoms with Gasteiger partial charge in [0.1, 0.15) is 5.54 Å². The molecule has 122 valence electrons. The van der Waals surface area contributed by atoms with Crippen molar-refractivity contribution in [2.24, 2.45) is 5.92 Å². The smallest absolute Gasteiger partial charge is 0.329 e. The first-order chi connectivity index (χ1) is 10.5. The molecule has 1 heterocycles. The Morgan fingerprint density at radius 2 is 2.09 bits per heavy atom. The van der Waals surface area contributed by atoms with Crippen LogP contribution >= 0.6 is 0 Å². The van der Waals surface area contributed by atoms with Gasteiger partial charge in [0.25, 0.3) is 0 Å². The van der Waals surface area contributed by atoms with Crippen LogP contribution in [0.4, 0.5) is 0 Å². The summed E-state index contributed by atoms with van der Waals surface area (Å²) in [6.45, 7) is 7.37. The van der Waals surface area contributed by atoms with Gasteiger partial charge in [-0.2, -0.15) is 5.06 Å². The molecule has 0 saturated carbocycles. The highest BCUT2D eigenvalue weighted by Crippen LogP contribution is 2.39. The molecule has 1 aromatic carbocycles. The van der Waals surface area contributed by atoms with Crippen molar-refractivity contribution < 1.29 is 14.4 Å². The number of carbonyl (C=O) groups excluding carboxylic acids is 1. The molecule has 0 aromatic heterocycles. The molecule has 1 aliphatic rings. The summed E-state index contributed by atoms with van der Waals surface area (Å²) in [5.74, 6) is -0.198. The lowest BCUT2D eigenvalue weighted by atomic mass is 9.82. The van der Waals surface area contributed by atoms with Gasteiger partial charge in [-0.3, -0.25) is 4.84 Å². The van der Waals surface area contributed by atoms with Gasteiger partial charge < -0.3 is 10.1 Å². The summed E-state index contributed by atoms with van der Waals surface area (Å²) in [6.07, 6.45) is -0.0504. The van der Waals surface area contributed by atoms with Crippen molar-refractivity contribution in [3.63, 3.8) is 0 Å². The highest BCUT2D eigenvalue weighted by atomic mass is 16.7. The Hall–Kier alpha value is -1.43. The van der Waals surface area contributed by atoms with E-state index in [0.717, 1.165) is 5.56 Å². The van der Waals surface area contributed by atoms with Crippen molar-refractivity contribution in [1.82, 2.24) is 10.4 Å². The molecule has 0 radical (unpaired) electrons. The quantitative estimate of drug-likeness (QED) is 0.815. The maximum Gasteiger partial charge on any atom is 0.329 e. The molecule has 22 heavy (non-hydrogen) atoms. The minimum absolute atomic E-state index is 0.0280. The van der Waals surface area contributed by atoms with Crippen LogP contribution in [-0.2, 0) is 20.9 Å². The molecule has 0 amide bonds. The molecule has 0 bridgehead atoms. The normalized spacial score (nSPS) is 28.7. The van der Waals surface area contributed by atoms with Crippen molar-refractivity contribution >= 4 is 5.97 Å². The number of ether oxygens (including phenoxy) is 1. The average molecular weight is 306 g/mol. The van der Waals surface area contributed by atoms with Crippen LogP contribution < -0.4 is 5.32 Å². The van der Waals surface area contributed by atoms with Crippen LogP contribution in [0.1, 0.15) is 26.3 Å². The number of hydrogen-bond acceptors (Lipinski definition) is 5. The van der Waals surface area contributed by atoms with Crippen LogP contribution in [0.25, 0.3) is 0 Å². The third kappa shape index (κ3) is 3.16. The Balaban J connectivity index is 2.28. The largest absolute Gasteiger partial charge is 0.465 e. The van der Waals surface area contributed by atoms with E-state index in [0.29, 0.717) is 19.7 Å². The highest BCUT2D eigenvalue weighted by molar-refractivity contribution is 5.81. The number of hydrogen-bond donors (Lipinski definition) is 1. The molecule has 0 aliphatic carbocycles. The first kappa shape index (κ1) is 16.9. The van der Waals surface area contributed by atoms with Gasteiger partial charge in [0.2, 0.25) is 0 Å². The van der Waals surface area contributed by atoms with Gasteiger partial charge in [0, 0.05) is 12.5 Å². The summed E-state index contributed by atoms with van der Waals surface area (Å²) in [6, 6.07) is 10.0. The summed E-state index contributed by atoms with van der Waals surface area (Å²) in [5, 5.41) is 4.95. The first-order valence-corrected chi connectivity index (χ1v) is 7.84. The predicted octanol–water partition coefficient (Wildman–Crippen LogP) is 1.98. The number of esters is 1. The SMILES string of the molecule is CCOC(=O)[C@]1(C)[C@@H](CNC)[C@H](C)ON1Cc1ccccc1. The van der Waals surface area contributed by atoms with Crippen LogP contribution in [0.5, 0.6) is 0 Å². The fraction of sp³-hybridized carbons (Fsp3) is 0.588. The van der Waals surface area contributed by atoms with E-state index in [9.17, 15) is 4.79 Å². The van der Waals surface area contributed by atoms with E-state index in [1.165, 1.54) is 0 Å². The van der Waals surface area contributed by atoms with E-state index in [2.05, 4.69) is 5.32 Å². The van der Waals surface area contributed by atoms with E-state index >= 15 is 0 Å². The Bertz CT molecular complexity index is 494. The zero-order valence-electron chi connectivity index (χ0n) is 13.8. The molecule has 1 fully saturated rings. The van der Waals surface area contributed by atoms with Crippen molar-refractivity contribution in [2.45, 2.75) is 39.0 Å². The summed E-state index contributed by atoms with van der Waals surface area (Å²) in [7, 11) is 1.89. The molecule has 0 spiro atoms. The second kappa shape index (κ2) is 7.22. The number of rotatable bonds is 6. The maximum atomic E-state index is 12.6. The van der Waals surface area contributed by atoms with Gasteiger partial charge >= 0.3 is 5.97 Å². The van der Waals surface area contributed by atoms with E-state index in [4.69, 9.17) is 9.57 Å². The third-order valence-corrected chi connectivity index (χ3v) is 4.38. The molecule has 2 rings (SSSR count). The second-order valence-corrected chi connectivity index (χ2v) is 5.86. The van der Waals surface area contributed by atoms with Crippen molar-refractivity contribution in [1.29, 1.82) is 0 Å². The lowest BCUT2D eigenvalue weighted by molar-refractivity contribution is -0.203. The van der Waals surface area contributed by atoms with Crippen molar-refractivity contribution in [2.75, 3.05) is 20.2 Å². The molecular formula is C17H26N2O3. The van der Waals surface area contributed by atoms with Crippen LogP contribution in [0.2, 0.25) is 0 Å². The maximum absolute atomic E-state index is 12.6.